The predicted octanol–water partition coefficient (Wildman–Crippen LogP) is 2.81. The minimum atomic E-state index is -0.583. The number of ether oxygens (including phenoxy) is 2. The van der Waals surface area contributed by atoms with Crippen molar-refractivity contribution in [3.05, 3.63) is 35.4 Å². The van der Waals surface area contributed by atoms with E-state index in [-0.39, 0.29) is 18.0 Å². The summed E-state index contributed by atoms with van der Waals surface area (Å²) in [7, 11) is 5.30. The maximum absolute atomic E-state index is 13.0. The quantitative estimate of drug-likeness (QED) is 0.642. The molecule has 0 aliphatic heterocycles. The van der Waals surface area contributed by atoms with E-state index in [2.05, 4.69) is 24.8 Å². The number of benzene rings is 1. The van der Waals surface area contributed by atoms with Crippen LogP contribution in [0.1, 0.15) is 44.2 Å². The fraction of sp³-hybridized carbons (Fsp3) is 0.636. The Morgan fingerprint density at radius 1 is 1.18 bits per heavy atom. The molecule has 0 saturated heterocycles. The summed E-state index contributed by atoms with van der Waals surface area (Å²) in [6.45, 7) is 6.13. The van der Waals surface area contributed by atoms with Crippen LogP contribution >= 0.6 is 0 Å². The molecular formula is C22H33N3O3. The van der Waals surface area contributed by atoms with Gasteiger partial charge in [-0.05, 0) is 37.2 Å². The number of methoxy groups -OCH3 is 2. The molecule has 1 aromatic carbocycles. The molecule has 1 aliphatic carbocycles. The van der Waals surface area contributed by atoms with E-state index in [1.54, 1.807) is 26.4 Å². The summed E-state index contributed by atoms with van der Waals surface area (Å²) < 4.78 is 11.4. The molecule has 1 saturated carbocycles. The minimum Gasteiger partial charge on any atom is -0.353 e. The van der Waals surface area contributed by atoms with E-state index in [1.165, 1.54) is 0 Å². The molecule has 2 rings (SSSR count). The Labute approximate surface area is 169 Å². The number of nitrogens with zero attached hydrogens (tertiary/aromatic N) is 3. The maximum Gasteiger partial charge on any atom is 0.227 e. The zero-order chi connectivity index (χ0) is 20.7. The van der Waals surface area contributed by atoms with Crippen LogP contribution in [-0.4, -0.2) is 67.9 Å². The molecule has 6 nitrogen and oxygen atoms in total. The fourth-order valence-electron chi connectivity index (χ4n) is 4.27. The first kappa shape index (κ1) is 22.4. The summed E-state index contributed by atoms with van der Waals surface area (Å²) in [4.78, 5) is 17.3. The first-order valence-corrected chi connectivity index (χ1v) is 10.0. The Morgan fingerprint density at radius 2 is 1.79 bits per heavy atom. The average molecular weight is 388 g/mol. The highest BCUT2D eigenvalue weighted by atomic mass is 16.7. The molecule has 2 atom stereocenters. The Hall–Kier alpha value is -1.94. The highest BCUT2D eigenvalue weighted by Crippen LogP contribution is 2.36. The molecule has 0 bridgehead atoms. The number of nitriles is 1. The van der Waals surface area contributed by atoms with Crippen LogP contribution in [0.15, 0.2) is 24.3 Å². The number of amides is 1. The Bertz CT molecular complexity index is 675. The molecule has 0 aromatic heterocycles. The average Bonchev–Trinajstić information content (AvgIpc) is 2.74. The van der Waals surface area contributed by atoms with Gasteiger partial charge in [-0.3, -0.25) is 9.69 Å². The lowest BCUT2D eigenvalue weighted by Crippen LogP contribution is -2.59. The van der Waals surface area contributed by atoms with Gasteiger partial charge in [-0.25, -0.2) is 0 Å². The molecule has 6 heteroatoms. The van der Waals surface area contributed by atoms with Crippen LogP contribution in [0.4, 0.5) is 0 Å². The third-order valence-electron chi connectivity index (χ3n) is 6.14. The fourth-order valence-corrected chi connectivity index (χ4v) is 4.27. The normalized spacial score (nSPS) is 21.3. The molecule has 1 amide bonds. The van der Waals surface area contributed by atoms with E-state index < -0.39 is 5.79 Å². The lowest BCUT2D eigenvalue weighted by atomic mass is 9.83. The van der Waals surface area contributed by atoms with Gasteiger partial charge < -0.3 is 14.4 Å². The summed E-state index contributed by atoms with van der Waals surface area (Å²) in [5.41, 5.74) is 1.53. The van der Waals surface area contributed by atoms with Crippen molar-refractivity contribution < 1.29 is 14.3 Å². The summed E-state index contributed by atoms with van der Waals surface area (Å²) in [5, 5.41) is 8.93. The third-order valence-corrected chi connectivity index (χ3v) is 6.14. The molecule has 1 aromatic rings. The highest BCUT2D eigenvalue weighted by molar-refractivity contribution is 5.79. The molecule has 0 N–H and O–H groups in total. The van der Waals surface area contributed by atoms with Gasteiger partial charge in [0.05, 0.1) is 18.1 Å². The number of hydrogen-bond acceptors (Lipinski definition) is 5. The summed E-state index contributed by atoms with van der Waals surface area (Å²) in [6, 6.07) is 9.63. The van der Waals surface area contributed by atoms with Gasteiger partial charge in [-0.15, -0.1) is 0 Å². The monoisotopic (exact) mass is 387 g/mol. The van der Waals surface area contributed by atoms with Crippen LogP contribution in [-0.2, 0) is 20.7 Å². The number of carbonyl (C=O) groups is 1. The van der Waals surface area contributed by atoms with Gasteiger partial charge in [0.2, 0.25) is 5.91 Å². The highest BCUT2D eigenvalue weighted by Gasteiger charge is 2.45. The molecule has 28 heavy (non-hydrogen) atoms. The molecule has 0 spiro atoms. The first-order chi connectivity index (χ1) is 13.4. The van der Waals surface area contributed by atoms with Crippen molar-refractivity contribution in [3.63, 3.8) is 0 Å². The van der Waals surface area contributed by atoms with Gasteiger partial charge in [-0.1, -0.05) is 26.0 Å². The van der Waals surface area contributed by atoms with Crippen LogP contribution < -0.4 is 0 Å². The molecule has 1 fully saturated rings. The molecule has 0 radical (unpaired) electrons. The molecule has 154 valence electrons. The van der Waals surface area contributed by atoms with Gasteiger partial charge in [-0.2, -0.15) is 5.26 Å². The number of likely N-dealkylation sites (N-methyl/N-ethyl adjacent to an activating group) is 2. The van der Waals surface area contributed by atoms with Crippen molar-refractivity contribution in [3.8, 4) is 6.07 Å². The van der Waals surface area contributed by atoms with E-state index in [0.717, 1.165) is 37.9 Å². The number of rotatable bonds is 8. The van der Waals surface area contributed by atoms with E-state index in [4.69, 9.17) is 14.7 Å². The minimum absolute atomic E-state index is 0.0918. The molecule has 1 aliphatic rings. The molecule has 0 heterocycles. The predicted molar refractivity (Wildman–Crippen MR) is 109 cm³/mol. The number of hydrogen-bond donors (Lipinski definition) is 0. The smallest absolute Gasteiger partial charge is 0.227 e. The molecular weight excluding hydrogens is 354 g/mol. The van der Waals surface area contributed by atoms with Crippen molar-refractivity contribution in [1.82, 2.24) is 9.80 Å². The van der Waals surface area contributed by atoms with Crippen LogP contribution in [0, 0.1) is 11.3 Å². The SMILES string of the molecule is CCN(CC)C1CC(OC)(OC)CCC1N(C)C(=O)Cc1ccc(C#N)cc1. The zero-order valence-corrected chi connectivity index (χ0v) is 17.8. The Kier molecular flexibility index (Phi) is 7.99. The van der Waals surface area contributed by atoms with Crippen LogP contribution in [0.2, 0.25) is 0 Å². The number of carbonyl (C=O) groups excluding carboxylic acids is 1. The van der Waals surface area contributed by atoms with E-state index in [1.807, 2.05) is 24.1 Å². The Balaban J connectivity index is 2.16. The third kappa shape index (κ3) is 4.91. The van der Waals surface area contributed by atoms with E-state index >= 15 is 0 Å². The molecule has 2 unspecified atom stereocenters. The summed E-state index contributed by atoms with van der Waals surface area (Å²) >= 11 is 0. The largest absolute Gasteiger partial charge is 0.353 e. The van der Waals surface area contributed by atoms with Crippen molar-refractivity contribution in [2.75, 3.05) is 34.4 Å². The van der Waals surface area contributed by atoms with Gasteiger partial charge >= 0.3 is 0 Å². The van der Waals surface area contributed by atoms with Crippen LogP contribution in [0.25, 0.3) is 0 Å². The second kappa shape index (κ2) is 10.0. The zero-order valence-electron chi connectivity index (χ0n) is 17.8. The van der Waals surface area contributed by atoms with Gasteiger partial charge in [0.15, 0.2) is 5.79 Å². The lowest BCUT2D eigenvalue weighted by Gasteiger charge is -2.49. The van der Waals surface area contributed by atoms with Crippen LogP contribution in [0.5, 0.6) is 0 Å². The van der Waals surface area contributed by atoms with Crippen molar-refractivity contribution >= 4 is 5.91 Å². The van der Waals surface area contributed by atoms with Crippen molar-refractivity contribution in [1.29, 1.82) is 5.26 Å². The summed E-state index contributed by atoms with van der Waals surface area (Å²) in [6.07, 6.45) is 2.67. The second-order valence-electron chi connectivity index (χ2n) is 7.41. The second-order valence-corrected chi connectivity index (χ2v) is 7.41. The topological polar surface area (TPSA) is 65.8 Å². The van der Waals surface area contributed by atoms with Gasteiger partial charge in [0.1, 0.15) is 0 Å². The van der Waals surface area contributed by atoms with Gasteiger partial charge in [0.25, 0.3) is 0 Å². The first-order valence-electron chi connectivity index (χ1n) is 10.0. The standard InChI is InChI=1S/C22H33N3O3/c1-6-25(7-2)20-15-22(27-4,28-5)13-12-19(20)24(3)21(26)14-17-8-10-18(16-23)11-9-17/h8-11,19-20H,6-7,12-15H2,1-5H3. The Morgan fingerprint density at radius 3 is 2.29 bits per heavy atom. The lowest BCUT2D eigenvalue weighted by molar-refractivity contribution is -0.239. The van der Waals surface area contributed by atoms with Crippen molar-refractivity contribution in [2.24, 2.45) is 0 Å². The van der Waals surface area contributed by atoms with E-state index in [9.17, 15) is 4.79 Å². The van der Waals surface area contributed by atoms with Crippen LogP contribution in [0.3, 0.4) is 0 Å². The summed E-state index contributed by atoms with van der Waals surface area (Å²) in [5.74, 6) is -0.491. The van der Waals surface area contributed by atoms with E-state index in [0.29, 0.717) is 12.0 Å². The van der Waals surface area contributed by atoms with Gasteiger partial charge in [0, 0.05) is 46.2 Å². The maximum atomic E-state index is 13.0. The van der Waals surface area contributed by atoms with Crippen molar-refractivity contribution in [2.45, 2.75) is 57.4 Å².